The predicted molar refractivity (Wildman–Crippen MR) is 53.5 cm³/mol. The molecular formula is C11H11NO. The number of aldehydes is 1. The molecule has 1 aromatic rings. The molecule has 0 radical (unpaired) electrons. The van der Waals surface area contributed by atoms with Crippen molar-refractivity contribution in [3.05, 3.63) is 35.2 Å². The summed E-state index contributed by atoms with van der Waals surface area (Å²) in [4.78, 5) is 10.7. The van der Waals surface area contributed by atoms with E-state index in [1.807, 2.05) is 17.7 Å². The van der Waals surface area contributed by atoms with Gasteiger partial charge in [-0.3, -0.25) is 4.79 Å². The van der Waals surface area contributed by atoms with E-state index in [9.17, 15) is 4.79 Å². The Hall–Kier alpha value is -1.57. The van der Waals surface area contributed by atoms with Crippen molar-refractivity contribution in [2.24, 2.45) is 7.05 Å². The minimum Gasteiger partial charge on any atom is -0.341 e. The summed E-state index contributed by atoms with van der Waals surface area (Å²) in [6, 6.07) is 1.91. The largest absolute Gasteiger partial charge is 0.341 e. The molecule has 0 saturated heterocycles. The Bertz CT molecular complexity index is 396. The fraction of sp³-hybridized carbons (Fsp3) is 0.182. The highest BCUT2D eigenvalue weighted by Crippen LogP contribution is 2.20. The predicted octanol–water partition coefficient (Wildman–Crippen LogP) is 2.27. The van der Waals surface area contributed by atoms with Crippen molar-refractivity contribution in [2.75, 3.05) is 0 Å². The highest BCUT2D eigenvalue weighted by atomic mass is 16.1. The number of nitrogens with zero attached hydrogens (tertiary/aromatic N) is 1. The van der Waals surface area contributed by atoms with E-state index in [0.717, 1.165) is 29.7 Å². The summed E-state index contributed by atoms with van der Waals surface area (Å²) < 4.78 is 1.91. The lowest BCUT2D eigenvalue weighted by atomic mass is 10.2. The van der Waals surface area contributed by atoms with Crippen molar-refractivity contribution in [3.63, 3.8) is 0 Å². The van der Waals surface area contributed by atoms with Crippen molar-refractivity contribution in [3.8, 4) is 0 Å². The quantitative estimate of drug-likeness (QED) is 0.597. The van der Waals surface area contributed by atoms with Crippen molar-refractivity contribution in [1.29, 1.82) is 0 Å². The number of hydrogen-bond donors (Lipinski definition) is 0. The lowest BCUT2D eigenvalue weighted by Crippen LogP contribution is -1.96. The van der Waals surface area contributed by atoms with Gasteiger partial charge in [-0.25, -0.2) is 0 Å². The summed E-state index contributed by atoms with van der Waals surface area (Å²) in [5.74, 6) is 0. The van der Waals surface area contributed by atoms with Crippen LogP contribution in [0.2, 0.25) is 0 Å². The van der Waals surface area contributed by atoms with Gasteiger partial charge in [0.25, 0.3) is 0 Å². The third-order valence-corrected chi connectivity index (χ3v) is 2.31. The van der Waals surface area contributed by atoms with Gasteiger partial charge in [-0.15, -0.1) is 0 Å². The smallest absolute Gasteiger partial charge is 0.166 e. The lowest BCUT2D eigenvalue weighted by molar-refractivity contribution is 0.111. The topological polar surface area (TPSA) is 22.0 Å². The minimum absolute atomic E-state index is 0.723. The standard InChI is InChI=1S/C11H11NO/c1-12-10(8-13)7-9-5-3-2-4-6-11(9)12/h3-8H,2H2,1H3. The average Bonchev–Trinajstić information content (AvgIpc) is 2.37. The molecule has 0 amide bonds. The molecule has 1 aliphatic rings. The zero-order chi connectivity index (χ0) is 9.26. The number of aromatic nitrogens is 1. The zero-order valence-electron chi connectivity index (χ0n) is 7.53. The van der Waals surface area contributed by atoms with E-state index in [1.165, 1.54) is 0 Å². The van der Waals surface area contributed by atoms with Crippen molar-refractivity contribution in [2.45, 2.75) is 6.42 Å². The second kappa shape index (κ2) is 3.05. The highest BCUT2D eigenvalue weighted by molar-refractivity contribution is 5.78. The molecule has 0 aliphatic heterocycles. The van der Waals surface area contributed by atoms with Gasteiger partial charge in [-0.2, -0.15) is 0 Å². The fourth-order valence-electron chi connectivity index (χ4n) is 1.57. The third-order valence-electron chi connectivity index (χ3n) is 2.31. The van der Waals surface area contributed by atoms with E-state index >= 15 is 0 Å². The van der Waals surface area contributed by atoms with Crippen LogP contribution < -0.4 is 0 Å². The second-order valence-electron chi connectivity index (χ2n) is 3.13. The third kappa shape index (κ3) is 1.24. The van der Waals surface area contributed by atoms with Crippen LogP contribution in [0.15, 0.2) is 18.2 Å². The van der Waals surface area contributed by atoms with Gasteiger partial charge in [0, 0.05) is 12.7 Å². The first kappa shape index (κ1) is 8.05. The number of rotatable bonds is 1. The first-order valence-electron chi connectivity index (χ1n) is 4.31. The van der Waals surface area contributed by atoms with Crippen LogP contribution in [0.5, 0.6) is 0 Å². The summed E-state index contributed by atoms with van der Waals surface area (Å²) in [7, 11) is 1.91. The van der Waals surface area contributed by atoms with Gasteiger partial charge in [0.15, 0.2) is 6.29 Å². The molecule has 13 heavy (non-hydrogen) atoms. The maximum Gasteiger partial charge on any atom is 0.166 e. The first-order chi connectivity index (χ1) is 6.33. The summed E-state index contributed by atoms with van der Waals surface area (Å²) >= 11 is 0. The van der Waals surface area contributed by atoms with Crippen LogP contribution >= 0.6 is 0 Å². The summed E-state index contributed by atoms with van der Waals surface area (Å²) in [6.45, 7) is 0. The normalized spacial score (nSPS) is 13.9. The molecule has 2 heteroatoms. The van der Waals surface area contributed by atoms with Crippen molar-refractivity contribution < 1.29 is 4.79 Å². The maximum atomic E-state index is 10.7. The maximum absolute atomic E-state index is 10.7. The highest BCUT2D eigenvalue weighted by Gasteiger charge is 2.08. The second-order valence-corrected chi connectivity index (χ2v) is 3.13. The molecule has 0 fully saturated rings. The Morgan fingerprint density at radius 2 is 2.15 bits per heavy atom. The lowest BCUT2D eigenvalue weighted by Gasteiger charge is -1.98. The molecule has 0 unspecified atom stereocenters. The molecular weight excluding hydrogens is 162 g/mol. The Kier molecular flexibility index (Phi) is 1.89. The molecule has 0 N–H and O–H groups in total. The molecule has 2 rings (SSSR count). The monoisotopic (exact) mass is 173 g/mol. The van der Waals surface area contributed by atoms with Gasteiger partial charge in [0.2, 0.25) is 0 Å². The van der Waals surface area contributed by atoms with Crippen LogP contribution in [0, 0.1) is 0 Å². The van der Waals surface area contributed by atoms with Crippen LogP contribution in [0.25, 0.3) is 12.2 Å². The van der Waals surface area contributed by atoms with E-state index in [4.69, 9.17) is 0 Å². The van der Waals surface area contributed by atoms with Gasteiger partial charge in [0.1, 0.15) is 0 Å². The molecule has 0 spiro atoms. The number of carbonyl (C=O) groups is 1. The molecule has 2 nitrogen and oxygen atoms in total. The minimum atomic E-state index is 0.723. The Labute approximate surface area is 77.2 Å². The Balaban J connectivity index is 2.64. The Morgan fingerprint density at radius 3 is 2.92 bits per heavy atom. The Morgan fingerprint density at radius 1 is 1.38 bits per heavy atom. The van der Waals surface area contributed by atoms with Crippen LogP contribution in [0.4, 0.5) is 0 Å². The van der Waals surface area contributed by atoms with Crippen LogP contribution in [-0.2, 0) is 7.05 Å². The number of fused-ring (bicyclic) bond motifs is 1. The van der Waals surface area contributed by atoms with E-state index in [2.05, 4.69) is 24.3 Å². The van der Waals surface area contributed by atoms with E-state index in [1.54, 1.807) is 0 Å². The molecule has 66 valence electrons. The number of allylic oxidation sites excluding steroid dienone is 2. The van der Waals surface area contributed by atoms with Crippen molar-refractivity contribution in [1.82, 2.24) is 4.57 Å². The molecule has 0 atom stereocenters. The van der Waals surface area contributed by atoms with E-state index in [0.29, 0.717) is 0 Å². The van der Waals surface area contributed by atoms with Crippen LogP contribution in [-0.4, -0.2) is 10.9 Å². The van der Waals surface area contributed by atoms with Crippen molar-refractivity contribution >= 4 is 18.4 Å². The van der Waals surface area contributed by atoms with Gasteiger partial charge in [0.05, 0.1) is 5.69 Å². The zero-order valence-corrected chi connectivity index (χ0v) is 7.53. The molecule has 1 aliphatic carbocycles. The molecule has 0 aromatic carbocycles. The summed E-state index contributed by atoms with van der Waals surface area (Å²) in [5.41, 5.74) is 2.95. The number of hydrogen-bond acceptors (Lipinski definition) is 1. The summed E-state index contributed by atoms with van der Waals surface area (Å²) in [6.07, 6.45) is 10.2. The van der Waals surface area contributed by atoms with Gasteiger partial charge < -0.3 is 4.57 Å². The number of carbonyl (C=O) groups excluding carboxylic acids is 1. The van der Waals surface area contributed by atoms with Crippen LogP contribution in [0.1, 0.15) is 28.2 Å². The van der Waals surface area contributed by atoms with E-state index in [-0.39, 0.29) is 0 Å². The van der Waals surface area contributed by atoms with Crippen LogP contribution in [0.3, 0.4) is 0 Å². The van der Waals surface area contributed by atoms with Gasteiger partial charge in [-0.1, -0.05) is 18.2 Å². The molecule has 1 aromatic heterocycles. The molecule has 1 heterocycles. The first-order valence-corrected chi connectivity index (χ1v) is 4.31. The van der Waals surface area contributed by atoms with E-state index < -0.39 is 0 Å². The van der Waals surface area contributed by atoms with Gasteiger partial charge in [-0.05, 0) is 24.1 Å². The SMILES string of the molecule is Cn1c(C=O)cc2c1C=CCC=C2. The fourth-order valence-corrected chi connectivity index (χ4v) is 1.57. The molecule has 0 bridgehead atoms. The average molecular weight is 173 g/mol. The van der Waals surface area contributed by atoms with Gasteiger partial charge >= 0.3 is 0 Å². The summed E-state index contributed by atoms with van der Waals surface area (Å²) in [5, 5.41) is 0. The molecule has 0 saturated carbocycles.